The Morgan fingerprint density at radius 2 is 2.18 bits per heavy atom. The van der Waals surface area contributed by atoms with Crippen molar-refractivity contribution in [1.82, 2.24) is 15.5 Å². The molecule has 8 heteroatoms. The first-order chi connectivity index (χ1) is 8.04. The number of carbonyl (C=O) groups is 3. The Morgan fingerprint density at radius 3 is 2.76 bits per heavy atom. The summed E-state index contributed by atoms with van der Waals surface area (Å²) in [6, 6.07) is -1.92. The number of aliphatic hydroxyl groups excluding tert-OH is 1. The average molecular weight is 245 g/mol. The highest BCUT2D eigenvalue weighted by atomic mass is 16.4. The third kappa shape index (κ3) is 3.91. The van der Waals surface area contributed by atoms with Crippen LogP contribution in [0.3, 0.4) is 0 Å². The number of hydrogen-bond acceptors (Lipinski definition) is 4. The van der Waals surface area contributed by atoms with Gasteiger partial charge in [-0.2, -0.15) is 0 Å². The van der Waals surface area contributed by atoms with E-state index in [1.807, 2.05) is 0 Å². The molecule has 1 aliphatic heterocycles. The molecule has 1 aliphatic rings. The molecule has 17 heavy (non-hydrogen) atoms. The van der Waals surface area contributed by atoms with Crippen LogP contribution in [0.2, 0.25) is 0 Å². The molecule has 1 atom stereocenters. The van der Waals surface area contributed by atoms with Crippen molar-refractivity contribution in [3.8, 4) is 0 Å². The van der Waals surface area contributed by atoms with Gasteiger partial charge in [-0.1, -0.05) is 0 Å². The molecule has 0 aliphatic carbocycles. The number of carbonyl (C=O) groups excluding carboxylic acids is 2. The molecule has 0 aromatic carbocycles. The monoisotopic (exact) mass is 245 g/mol. The quantitative estimate of drug-likeness (QED) is 0.457. The van der Waals surface area contributed by atoms with E-state index in [9.17, 15) is 14.4 Å². The summed E-state index contributed by atoms with van der Waals surface area (Å²) >= 11 is 0. The van der Waals surface area contributed by atoms with E-state index in [0.29, 0.717) is 13.1 Å². The van der Waals surface area contributed by atoms with E-state index in [-0.39, 0.29) is 18.9 Å². The van der Waals surface area contributed by atoms with Crippen molar-refractivity contribution in [1.29, 1.82) is 0 Å². The van der Waals surface area contributed by atoms with Gasteiger partial charge in [0.1, 0.15) is 0 Å². The number of amides is 3. The van der Waals surface area contributed by atoms with Gasteiger partial charge in [-0.05, 0) is 0 Å². The lowest BCUT2D eigenvalue weighted by Crippen LogP contribution is -2.50. The van der Waals surface area contributed by atoms with Crippen molar-refractivity contribution < 1.29 is 24.6 Å². The predicted octanol–water partition coefficient (Wildman–Crippen LogP) is -2.04. The Balaban J connectivity index is 2.51. The molecule has 8 nitrogen and oxygen atoms in total. The SMILES string of the molecule is O=C1CCN(C(=O)N[C@H](CO)C(=O)O)CCN1. The molecule has 0 unspecified atom stereocenters. The Bertz CT molecular complexity index is 320. The van der Waals surface area contributed by atoms with Crippen molar-refractivity contribution in [3.05, 3.63) is 0 Å². The standard InChI is InChI=1S/C9H15N3O5/c13-5-6(8(15)16)11-9(17)12-3-1-7(14)10-2-4-12/h6,13H,1-5H2,(H,10,14)(H,11,17)(H,15,16)/t6-/m1/s1. The van der Waals surface area contributed by atoms with Crippen molar-refractivity contribution >= 4 is 17.9 Å². The summed E-state index contributed by atoms with van der Waals surface area (Å²) < 4.78 is 0. The van der Waals surface area contributed by atoms with Crippen LogP contribution in [0.5, 0.6) is 0 Å². The minimum Gasteiger partial charge on any atom is -0.480 e. The first-order valence-electron chi connectivity index (χ1n) is 5.20. The number of hydrogen-bond donors (Lipinski definition) is 4. The first kappa shape index (κ1) is 13.2. The summed E-state index contributed by atoms with van der Waals surface area (Å²) in [5.41, 5.74) is 0. The van der Waals surface area contributed by atoms with E-state index in [4.69, 9.17) is 10.2 Å². The largest absolute Gasteiger partial charge is 0.480 e. The number of urea groups is 1. The van der Waals surface area contributed by atoms with Gasteiger partial charge in [-0.25, -0.2) is 9.59 Å². The number of nitrogens with one attached hydrogen (secondary N) is 2. The van der Waals surface area contributed by atoms with Crippen LogP contribution in [-0.4, -0.2) is 65.3 Å². The summed E-state index contributed by atoms with van der Waals surface area (Å²) in [4.78, 5) is 34.6. The molecule has 96 valence electrons. The number of carboxylic acid groups (broad SMARTS) is 1. The van der Waals surface area contributed by atoms with E-state index in [1.54, 1.807) is 0 Å². The lowest BCUT2D eigenvalue weighted by molar-refractivity contribution is -0.140. The van der Waals surface area contributed by atoms with Crippen molar-refractivity contribution in [3.63, 3.8) is 0 Å². The molecule has 0 spiro atoms. The molecular formula is C9H15N3O5. The Morgan fingerprint density at radius 1 is 1.47 bits per heavy atom. The highest BCUT2D eigenvalue weighted by molar-refractivity contribution is 5.83. The maximum Gasteiger partial charge on any atom is 0.328 e. The van der Waals surface area contributed by atoms with E-state index in [1.165, 1.54) is 4.90 Å². The van der Waals surface area contributed by atoms with Crippen molar-refractivity contribution in [2.75, 3.05) is 26.2 Å². The summed E-state index contributed by atoms with van der Waals surface area (Å²) in [5, 5.41) is 22.2. The summed E-state index contributed by atoms with van der Waals surface area (Å²) in [6.45, 7) is 0.208. The van der Waals surface area contributed by atoms with Gasteiger partial charge in [0.05, 0.1) is 6.61 Å². The second-order valence-electron chi connectivity index (χ2n) is 3.61. The van der Waals surface area contributed by atoms with Gasteiger partial charge in [-0.15, -0.1) is 0 Å². The van der Waals surface area contributed by atoms with E-state index >= 15 is 0 Å². The van der Waals surface area contributed by atoms with Crippen LogP contribution >= 0.6 is 0 Å². The molecule has 1 saturated heterocycles. The van der Waals surface area contributed by atoms with Crippen LogP contribution in [0.1, 0.15) is 6.42 Å². The molecule has 3 amide bonds. The molecular weight excluding hydrogens is 230 g/mol. The van der Waals surface area contributed by atoms with Gasteiger partial charge in [0.25, 0.3) is 0 Å². The molecule has 0 radical (unpaired) electrons. The topological polar surface area (TPSA) is 119 Å². The maximum atomic E-state index is 11.6. The lowest BCUT2D eigenvalue weighted by Gasteiger charge is -2.22. The van der Waals surface area contributed by atoms with Gasteiger partial charge < -0.3 is 25.7 Å². The van der Waals surface area contributed by atoms with Gasteiger partial charge in [0.15, 0.2) is 6.04 Å². The minimum absolute atomic E-state index is 0.141. The second-order valence-corrected chi connectivity index (χ2v) is 3.61. The van der Waals surface area contributed by atoms with Crippen LogP contribution in [0, 0.1) is 0 Å². The van der Waals surface area contributed by atoms with Crippen molar-refractivity contribution in [2.45, 2.75) is 12.5 Å². The number of aliphatic carboxylic acids is 1. The number of nitrogens with zero attached hydrogens (tertiary/aromatic N) is 1. The molecule has 1 fully saturated rings. The molecule has 0 saturated carbocycles. The number of aliphatic hydroxyl groups is 1. The van der Waals surface area contributed by atoms with Gasteiger partial charge >= 0.3 is 12.0 Å². The average Bonchev–Trinajstić information content (AvgIpc) is 2.50. The molecule has 0 aromatic rings. The zero-order valence-electron chi connectivity index (χ0n) is 9.18. The summed E-state index contributed by atoms with van der Waals surface area (Å²) in [6.07, 6.45) is 0.185. The Kier molecular flexibility index (Phi) is 4.70. The van der Waals surface area contributed by atoms with Crippen molar-refractivity contribution in [2.24, 2.45) is 0 Å². The smallest absolute Gasteiger partial charge is 0.328 e. The van der Waals surface area contributed by atoms with E-state index in [2.05, 4.69) is 10.6 Å². The molecule has 0 aromatic heterocycles. The number of rotatable bonds is 3. The lowest BCUT2D eigenvalue weighted by atomic mass is 10.3. The van der Waals surface area contributed by atoms with Crippen LogP contribution in [0.4, 0.5) is 4.79 Å². The molecule has 4 N–H and O–H groups in total. The third-order valence-corrected chi connectivity index (χ3v) is 2.38. The fourth-order valence-electron chi connectivity index (χ4n) is 1.40. The summed E-state index contributed by atoms with van der Waals surface area (Å²) in [7, 11) is 0. The second kappa shape index (κ2) is 6.04. The highest BCUT2D eigenvalue weighted by Crippen LogP contribution is 1.98. The normalized spacial score (nSPS) is 17.9. The fraction of sp³-hybridized carbons (Fsp3) is 0.667. The van der Waals surface area contributed by atoms with Gasteiger partial charge in [0.2, 0.25) is 5.91 Å². The van der Waals surface area contributed by atoms with Crippen LogP contribution in [-0.2, 0) is 9.59 Å². The predicted molar refractivity (Wildman–Crippen MR) is 56.2 cm³/mol. The maximum absolute atomic E-state index is 11.6. The van der Waals surface area contributed by atoms with Gasteiger partial charge in [0, 0.05) is 26.1 Å². The van der Waals surface area contributed by atoms with Crippen LogP contribution < -0.4 is 10.6 Å². The van der Waals surface area contributed by atoms with Gasteiger partial charge in [-0.3, -0.25) is 4.79 Å². The first-order valence-corrected chi connectivity index (χ1v) is 5.20. The van der Waals surface area contributed by atoms with E-state index in [0.717, 1.165) is 0 Å². The Labute approximate surface area is 97.6 Å². The Hall–Kier alpha value is -1.83. The van der Waals surface area contributed by atoms with Crippen LogP contribution in [0.25, 0.3) is 0 Å². The summed E-state index contributed by atoms with van der Waals surface area (Å²) in [5.74, 6) is -1.44. The zero-order valence-corrected chi connectivity index (χ0v) is 9.18. The molecule has 1 heterocycles. The molecule has 1 rings (SSSR count). The van der Waals surface area contributed by atoms with Crippen LogP contribution in [0.15, 0.2) is 0 Å². The third-order valence-electron chi connectivity index (χ3n) is 2.38. The zero-order chi connectivity index (χ0) is 12.8. The minimum atomic E-state index is -1.32. The number of carboxylic acids is 1. The van der Waals surface area contributed by atoms with E-state index < -0.39 is 24.6 Å². The molecule has 0 bridgehead atoms. The highest BCUT2D eigenvalue weighted by Gasteiger charge is 2.23. The fourth-order valence-corrected chi connectivity index (χ4v) is 1.40.